The first-order chi connectivity index (χ1) is 12.7. The molecular formula is C20H18FN3OS. The van der Waals surface area contributed by atoms with Gasteiger partial charge in [-0.2, -0.15) is 0 Å². The third-order valence-corrected chi connectivity index (χ3v) is 4.59. The van der Waals surface area contributed by atoms with Crippen molar-refractivity contribution in [2.75, 3.05) is 5.75 Å². The standard InChI is InChI=1S/C20H18FN3OS/c21-17-11-8-15(9-12-17)10-13-19-22-20(24-23-19)26-14-4-7-18(25)16-5-2-1-3-6-16/h1-3,5-6,8-13H,4,7,14H2,(H,22,23,24)/b13-10+. The molecule has 0 aliphatic carbocycles. The number of aromatic nitrogens is 3. The number of halogens is 1. The smallest absolute Gasteiger partial charge is 0.208 e. The van der Waals surface area contributed by atoms with Gasteiger partial charge < -0.3 is 0 Å². The van der Waals surface area contributed by atoms with Gasteiger partial charge in [-0.1, -0.05) is 60.3 Å². The Bertz CT molecular complexity index is 876. The van der Waals surface area contributed by atoms with Crippen LogP contribution in [-0.2, 0) is 0 Å². The summed E-state index contributed by atoms with van der Waals surface area (Å²) < 4.78 is 12.9. The van der Waals surface area contributed by atoms with Crippen LogP contribution in [-0.4, -0.2) is 26.7 Å². The van der Waals surface area contributed by atoms with E-state index in [-0.39, 0.29) is 11.6 Å². The van der Waals surface area contributed by atoms with Gasteiger partial charge in [0.25, 0.3) is 0 Å². The zero-order valence-corrected chi connectivity index (χ0v) is 14.9. The summed E-state index contributed by atoms with van der Waals surface area (Å²) in [5.41, 5.74) is 1.64. The molecule has 2 aromatic carbocycles. The molecule has 1 N–H and O–H groups in total. The molecule has 1 heterocycles. The number of nitrogens with zero attached hydrogens (tertiary/aromatic N) is 2. The first kappa shape index (κ1) is 18.1. The molecule has 4 nitrogen and oxygen atoms in total. The molecule has 0 saturated carbocycles. The lowest BCUT2D eigenvalue weighted by Crippen LogP contribution is -1.99. The summed E-state index contributed by atoms with van der Waals surface area (Å²) >= 11 is 1.51. The van der Waals surface area contributed by atoms with E-state index in [1.807, 2.05) is 36.4 Å². The van der Waals surface area contributed by atoms with Gasteiger partial charge in [0.05, 0.1) is 0 Å². The molecule has 6 heteroatoms. The van der Waals surface area contributed by atoms with Crippen LogP contribution in [0.4, 0.5) is 4.39 Å². The molecule has 132 valence electrons. The predicted molar refractivity (Wildman–Crippen MR) is 102 cm³/mol. The molecule has 0 atom stereocenters. The largest absolute Gasteiger partial charge is 0.294 e. The Labute approximate surface area is 155 Å². The van der Waals surface area contributed by atoms with Crippen molar-refractivity contribution >= 4 is 29.7 Å². The fraction of sp³-hybridized carbons (Fsp3) is 0.150. The summed E-state index contributed by atoms with van der Waals surface area (Å²) in [7, 11) is 0. The Hall–Kier alpha value is -2.73. The van der Waals surface area contributed by atoms with Crippen LogP contribution in [0.15, 0.2) is 59.8 Å². The maximum absolute atomic E-state index is 12.9. The van der Waals surface area contributed by atoms with E-state index < -0.39 is 0 Å². The number of H-pyrrole nitrogens is 1. The van der Waals surface area contributed by atoms with E-state index in [1.54, 1.807) is 18.2 Å². The van der Waals surface area contributed by atoms with Gasteiger partial charge in [0.15, 0.2) is 5.78 Å². The molecule has 0 saturated heterocycles. The summed E-state index contributed by atoms with van der Waals surface area (Å²) in [6.45, 7) is 0. The Balaban J connectivity index is 1.44. The Morgan fingerprint density at radius 3 is 2.62 bits per heavy atom. The number of hydrogen-bond donors (Lipinski definition) is 1. The molecule has 3 aromatic rings. The van der Waals surface area contributed by atoms with Gasteiger partial charge in [-0.3, -0.25) is 9.89 Å². The van der Waals surface area contributed by atoms with E-state index in [9.17, 15) is 9.18 Å². The summed E-state index contributed by atoms with van der Waals surface area (Å²) in [6.07, 6.45) is 4.92. The Morgan fingerprint density at radius 2 is 1.85 bits per heavy atom. The second kappa shape index (κ2) is 9.10. The summed E-state index contributed by atoms with van der Waals surface area (Å²) in [6, 6.07) is 15.5. The number of thioether (sulfide) groups is 1. The van der Waals surface area contributed by atoms with Crippen LogP contribution < -0.4 is 0 Å². The molecule has 0 amide bonds. The number of carbonyl (C=O) groups is 1. The Morgan fingerprint density at radius 1 is 1.08 bits per heavy atom. The van der Waals surface area contributed by atoms with Crippen molar-refractivity contribution in [2.24, 2.45) is 0 Å². The molecule has 1 aromatic heterocycles. The fourth-order valence-electron chi connectivity index (χ4n) is 2.31. The van der Waals surface area contributed by atoms with Gasteiger partial charge in [-0.25, -0.2) is 9.37 Å². The molecule has 0 aliphatic heterocycles. The summed E-state index contributed by atoms with van der Waals surface area (Å²) in [5.74, 6) is 1.31. The van der Waals surface area contributed by atoms with Gasteiger partial charge in [0, 0.05) is 17.7 Å². The van der Waals surface area contributed by atoms with Crippen LogP contribution in [0.5, 0.6) is 0 Å². The van der Waals surface area contributed by atoms with Crippen molar-refractivity contribution in [1.82, 2.24) is 15.2 Å². The predicted octanol–water partition coefficient (Wildman–Crippen LogP) is 4.87. The van der Waals surface area contributed by atoms with Crippen molar-refractivity contribution < 1.29 is 9.18 Å². The normalized spacial score (nSPS) is 11.1. The van der Waals surface area contributed by atoms with Gasteiger partial charge in [0.2, 0.25) is 5.16 Å². The monoisotopic (exact) mass is 367 g/mol. The van der Waals surface area contributed by atoms with E-state index in [2.05, 4.69) is 15.2 Å². The third-order valence-electron chi connectivity index (χ3n) is 3.66. The molecule has 3 rings (SSSR count). The summed E-state index contributed by atoms with van der Waals surface area (Å²) in [4.78, 5) is 16.4. The zero-order valence-electron chi connectivity index (χ0n) is 14.1. The van der Waals surface area contributed by atoms with E-state index in [0.717, 1.165) is 23.3 Å². The SMILES string of the molecule is O=C(CCCSc1n[nH]c(/C=C/c2ccc(F)cc2)n1)c1ccccc1. The lowest BCUT2D eigenvalue weighted by molar-refractivity contribution is 0.0982. The van der Waals surface area contributed by atoms with E-state index >= 15 is 0 Å². The molecule has 0 aliphatic rings. The van der Waals surface area contributed by atoms with E-state index in [1.165, 1.54) is 23.9 Å². The number of benzene rings is 2. The van der Waals surface area contributed by atoms with Crippen molar-refractivity contribution in [3.05, 3.63) is 77.4 Å². The number of nitrogens with one attached hydrogen (secondary N) is 1. The molecule has 0 unspecified atom stereocenters. The maximum Gasteiger partial charge on any atom is 0.208 e. The van der Waals surface area contributed by atoms with Gasteiger partial charge in [-0.05, 0) is 30.2 Å². The third kappa shape index (κ3) is 5.39. The molecule has 0 spiro atoms. The van der Waals surface area contributed by atoms with Crippen molar-refractivity contribution in [1.29, 1.82) is 0 Å². The lowest BCUT2D eigenvalue weighted by Gasteiger charge is -1.99. The second-order valence-corrected chi connectivity index (χ2v) is 6.69. The minimum absolute atomic E-state index is 0.157. The van der Waals surface area contributed by atoms with E-state index in [4.69, 9.17) is 0 Å². The average molecular weight is 367 g/mol. The van der Waals surface area contributed by atoms with Crippen molar-refractivity contribution in [3.8, 4) is 0 Å². The van der Waals surface area contributed by atoms with Crippen LogP contribution in [0.3, 0.4) is 0 Å². The first-order valence-electron chi connectivity index (χ1n) is 8.28. The van der Waals surface area contributed by atoms with Crippen LogP contribution in [0, 0.1) is 5.82 Å². The molecule has 26 heavy (non-hydrogen) atoms. The number of ketones is 1. The highest BCUT2D eigenvalue weighted by Gasteiger charge is 2.06. The topological polar surface area (TPSA) is 58.6 Å². The van der Waals surface area contributed by atoms with Gasteiger partial charge >= 0.3 is 0 Å². The number of Topliss-reactive ketones (excluding diaryl/α,β-unsaturated/α-hetero) is 1. The van der Waals surface area contributed by atoms with Gasteiger partial charge in [0.1, 0.15) is 11.6 Å². The minimum Gasteiger partial charge on any atom is -0.294 e. The molecular weight excluding hydrogens is 349 g/mol. The highest BCUT2D eigenvalue weighted by atomic mass is 32.2. The fourth-order valence-corrected chi connectivity index (χ4v) is 3.06. The number of aromatic amines is 1. The number of rotatable bonds is 8. The molecule has 0 bridgehead atoms. The number of carbonyl (C=O) groups excluding carboxylic acids is 1. The van der Waals surface area contributed by atoms with Crippen LogP contribution >= 0.6 is 11.8 Å². The average Bonchev–Trinajstić information content (AvgIpc) is 3.13. The van der Waals surface area contributed by atoms with E-state index in [0.29, 0.717) is 17.4 Å². The highest BCUT2D eigenvalue weighted by Crippen LogP contribution is 2.16. The zero-order chi connectivity index (χ0) is 18.2. The minimum atomic E-state index is -0.258. The molecule has 0 fully saturated rings. The summed E-state index contributed by atoms with van der Waals surface area (Å²) in [5, 5.41) is 7.65. The quantitative estimate of drug-likeness (QED) is 0.351. The lowest BCUT2D eigenvalue weighted by atomic mass is 10.1. The Kier molecular flexibility index (Phi) is 6.33. The van der Waals surface area contributed by atoms with Gasteiger partial charge in [-0.15, -0.1) is 5.10 Å². The second-order valence-electron chi connectivity index (χ2n) is 5.63. The maximum atomic E-state index is 12.9. The van der Waals surface area contributed by atoms with Crippen LogP contribution in [0.1, 0.15) is 34.6 Å². The first-order valence-corrected chi connectivity index (χ1v) is 9.26. The van der Waals surface area contributed by atoms with Crippen molar-refractivity contribution in [2.45, 2.75) is 18.0 Å². The number of hydrogen-bond acceptors (Lipinski definition) is 4. The highest BCUT2D eigenvalue weighted by molar-refractivity contribution is 7.99. The van der Waals surface area contributed by atoms with Crippen LogP contribution in [0.2, 0.25) is 0 Å². The molecule has 0 radical (unpaired) electrons. The van der Waals surface area contributed by atoms with Crippen LogP contribution in [0.25, 0.3) is 12.2 Å². The van der Waals surface area contributed by atoms with Crippen molar-refractivity contribution in [3.63, 3.8) is 0 Å².